The second-order valence-electron chi connectivity index (χ2n) is 4.39. The first-order chi connectivity index (χ1) is 8.75. The lowest BCUT2D eigenvalue weighted by Crippen LogP contribution is -2.04. The van der Waals surface area contributed by atoms with E-state index >= 15 is 0 Å². The molecule has 0 spiro atoms. The van der Waals surface area contributed by atoms with Crippen molar-refractivity contribution >= 4 is 17.4 Å². The highest BCUT2D eigenvalue weighted by molar-refractivity contribution is 7.99. The largest absolute Gasteiger partial charge is 0.384 e. The SMILES string of the molecule is Cc1ccc(NCCSc2ccccc2)cc1C. The molecule has 0 saturated carbocycles. The van der Waals surface area contributed by atoms with Gasteiger partial charge in [-0.2, -0.15) is 0 Å². The Morgan fingerprint density at radius 3 is 2.44 bits per heavy atom. The Balaban J connectivity index is 1.77. The van der Waals surface area contributed by atoms with Crippen LogP contribution in [0.2, 0.25) is 0 Å². The minimum atomic E-state index is 0.988. The molecule has 0 atom stereocenters. The lowest BCUT2D eigenvalue weighted by Gasteiger charge is -2.08. The lowest BCUT2D eigenvalue weighted by atomic mass is 10.1. The van der Waals surface area contributed by atoms with Gasteiger partial charge in [0.05, 0.1) is 0 Å². The van der Waals surface area contributed by atoms with Crippen molar-refractivity contribution in [1.29, 1.82) is 0 Å². The summed E-state index contributed by atoms with van der Waals surface area (Å²) in [5.74, 6) is 1.08. The monoisotopic (exact) mass is 257 g/mol. The second kappa shape index (κ2) is 6.50. The van der Waals surface area contributed by atoms with Gasteiger partial charge >= 0.3 is 0 Å². The van der Waals surface area contributed by atoms with E-state index in [-0.39, 0.29) is 0 Å². The summed E-state index contributed by atoms with van der Waals surface area (Å²) in [7, 11) is 0. The Morgan fingerprint density at radius 2 is 1.72 bits per heavy atom. The van der Waals surface area contributed by atoms with E-state index in [9.17, 15) is 0 Å². The van der Waals surface area contributed by atoms with E-state index in [1.807, 2.05) is 11.8 Å². The van der Waals surface area contributed by atoms with E-state index in [1.54, 1.807) is 0 Å². The van der Waals surface area contributed by atoms with Crippen molar-refractivity contribution in [1.82, 2.24) is 0 Å². The molecule has 0 saturated heterocycles. The number of aryl methyl sites for hydroxylation is 2. The summed E-state index contributed by atoms with van der Waals surface area (Å²) >= 11 is 1.88. The van der Waals surface area contributed by atoms with Gasteiger partial charge in [-0.3, -0.25) is 0 Å². The predicted molar refractivity (Wildman–Crippen MR) is 81.6 cm³/mol. The summed E-state index contributed by atoms with van der Waals surface area (Å²) in [6.07, 6.45) is 0. The highest BCUT2D eigenvalue weighted by atomic mass is 32.2. The number of benzene rings is 2. The van der Waals surface area contributed by atoms with E-state index in [2.05, 4.69) is 67.7 Å². The average Bonchev–Trinajstić information content (AvgIpc) is 2.40. The maximum absolute atomic E-state index is 3.46. The predicted octanol–water partition coefficient (Wildman–Crippen LogP) is 4.51. The van der Waals surface area contributed by atoms with Crippen LogP contribution in [0, 0.1) is 13.8 Å². The van der Waals surface area contributed by atoms with Crippen molar-refractivity contribution in [2.24, 2.45) is 0 Å². The van der Waals surface area contributed by atoms with Crippen molar-refractivity contribution in [2.75, 3.05) is 17.6 Å². The Kier molecular flexibility index (Phi) is 4.71. The van der Waals surface area contributed by atoms with Crippen LogP contribution in [0.25, 0.3) is 0 Å². The molecule has 0 aliphatic heterocycles. The fourth-order valence-electron chi connectivity index (χ4n) is 1.73. The molecule has 0 aromatic heterocycles. The van der Waals surface area contributed by atoms with Crippen LogP contribution in [0.3, 0.4) is 0 Å². The molecule has 0 bridgehead atoms. The molecular weight excluding hydrogens is 238 g/mol. The van der Waals surface area contributed by atoms with Gasteiger partial charge in [0.2, 0.25) is 0 Å². The molecule has 0 unspecified atom stereocenters. The molecule has 0 amide bonds. The zero-order chi connectivity index (χ0) is 12.8. The van der Waals surface area contributed by atoms with Crippen LogP contribution in [0.4, 0.5) is 5.69 Å². The fraction of sp³-hybridized carbons (Fsp3) is 0.250. The molecule has 0 aliphatic rings. The standard InChI is InChI=1S/C16H19NS/c1-13-8-9-15(12-14(13)2)17-10-11-18-16-6-4-3-5-7-16/h3-9,12,17H,10-11H2,1-2H3. The van der Waals surface area contributed by atoms with Crippen LogP contribution >= 0.6 is 11.8 Å². The lowest BCUT2D eigenvalue weighted by molar-refractivity contribution is 1.21. The topological polar surface area (TPSA) is 12.0 Å². The first-order valence-electron chi connectivity index (χ1n) is 6.25. The van der Waals surface area contributed by atoms with Crippen LogP contribution in [0.1, 0.15) is 11.1 Å². The summed E-state index contributed by atoms with van der Waals surface area (Å²) in [5, 5.41) is 3.46. The van der Waals surface area contributed by atoms with Gasteiger partial charge in [0.15, 0.2) is 0 Å². The molecule has 94 valence electrons. The number of hydrogen-bond donors (Lipinski definition) is 1. The Hall–Kier alpha value is -1.41. The third kappa shape index (κ3) is 3.81. The van der Waals surface area contributed by atoms with Crippen LogP contribution in [-0.2, 0) is 0 Å². The first kappa shape index (κ1) is 13.0. The summed E-state index contributed by atoms with van der Waals surface area (Å²) in [6, 6.07) is 17.1. The van der Waals surface area contributed by atoms with Gasteiger partial charge in [-0.05, 0) is 49.2 Å². The Bertz CT molecular complexity index is 494. The second-order valence-corrected chi connectivity index (χ2v) is 5.56. The molecule has 2 aromatic rings. The van der Waals surface area contributed by atoms with E-state index in [0.29, 0.717) is 0 Å². The Labute approximate surface area is 114 Å². The normalized spacial score (nSPS) is 10.3. The van der Waals surface area contributed by atoms with Crippen LogP contribution < -0.4 is 5.32 Å². The molecule has 0 radical (unpaired) electrons. The molecule has 2 rings (SSSR count). The number of nitrogens with one attached hydrogen (secondary N) is 1. The quantitative estimate of drug-likeness (QED) is 0.625. The molecule has 0 aliphatic carbocycles. The third-order valence-corrected chi connectivity index (χ3v) is 3.96. The smallest absolute Gasteiger partial charge is 0.0343 e. The van der Waals surface area contributed by atoms with E-state index in [1.165, 1.54) is 21.7 Å². The number of hydrogen-bond acceptors (Lipinski definition) is 2. The van der Waals surface area contributed by atoms with Crippen LogP contribution in [-0.4, -0.2) is 12.3 Å². The number of anilines is 1. The molecular formula is C16H19NS. The van der Waals surface area contributed by atoms with Crippen molar-refractivity contribution < 1.29 is 0 Å². The highest BCUT2D eigenvalue weighted by Gasteiger charge is 1.96. The van der Waals surface area contributed by atoms with Crippen molar-refractivity contribution in [2.45, 2.75) is 18.7 Å². The van der Waals surface area contributed by atoms with E-state index < -0.39 is 0 Å². The first-order valence-corrected chi connectivity index (χ1v) is 7.23. The van der Waals surface area contributed by atoms with Gasteiger partial charge in [-0.15, -0.1) is 11.8 Å². The van der Waals surface area contributed by atoms with Gasteiger partial charge in [-0.1, -0.05) is 24.3 Å². The Morgan fingerprint density at radius 1 is 0.944 bits per heavy atom. The molecule has 1 N–H and O–H groups in total. The minimum absolute atomic E-state index is 0.988. The van der Waals surface area contributed by atoms with Gasteiger partial charge in [0.25, 0.3) is 0 Å². The average molecular weight is 257 g/mol. The number of rotatable bonds is 5. The maximum Gasteiger partial charge on any atom is 0.0343 e. The van der Waals surface area contributed by atoms with Crippen LogP contribution in [0.15, 0.2) is 53.4 Å². The third-order valence-electron chi connectivity index (χ3n) is 2.95. The van der Waals surface area contributed by atoms with Gasteiger partial charge in [0, 0.05) is 22.9 Å². The van der Waals surface area contributed by atoms with Crippen molar-refractivity contribution in [3.05, 3.63) is 59.7 Å². The van der Waals surface area contributed by atoms with Gasteiger partial charge < -0.3 is 5.32 Å². The van der Waals surface area contributed by atoms with Crippen molar-refractivity contribution in [3.8, 4) is 0 Å². The maximum atomic E-state index is 3.46. The van der Waals surface area contributed by atoms with E-state index in [0.717, 1.165) is 12.3 Å². The molecule has 2 aromatic carbocycles. The van der Waals surface area contributed by atoms with Crippen molar-refractivity contribution in [3.63, 3.8) is 0 Å². The highest BCUT2D eigenvalue weighted by Crippen LogP contribution is 2.17. The molecule has 2 heteroatoms. The number of thioether (sulfide) groups is 1. The zero-order valence-corrected chi connectivity index (χ0v) is 11.8. The zero-order valence-electron chi connectivity index (χ0n) is 10.9. The van der Waals surface area contributed by atoms with Gasteiger partial charge in [0.1, 0.15) is 0 Å². The molecule has 0 heterocycles. The van der Waals surface area contributed by atoms with E-state index in [4.69, 9.17) is 0 Å². The summed E-state index contributed by atoms with van der Waals surface area (Å²) in [4.78, 5) is 1.33. The molecule has 0 fully saturated rings. The summed E-state index contributed by atoms with van der Waals surface area (Å²) < 4.78 is 0. The van der Waals surface area contributed by atoms with Gasteiger partial charge in [-0.25, -0.2) is 0 Å². The van der Waals surface area contributed by atoms with Crippen LogP contribution in [0.5, 0.6) is 0 Å². The minimum Gasteiger partial charge on any atom is -0.384 e. The molecule has 18 heavy (non-hydrogen) atoms. The summed E-state index contributed by atoms with van der Waals surface area (Å²) in [5.41, 5.74) is 3.90. The fourth-order valence-corrected chi connectivity index (χ4v) is 2.52. The molecule has 1 nitrogen and oxygen atoms in total. The summed E-state index contributed by atoms with van der Waals surface area (Å²) in [6.45, 7) is 5.28.